The minimum Gasteiger partial charge on any atom is -0.388 e. The largest absolute Gasteiger partial charge is 0.388 e. The molecule has 2 heteroatoms. The van der Waals surface area contributed by atoms with Gasteiger partial charge in [0.25, 0.3) is 0 Å². The fourth-order valence-corrected chi connectivity index (χ4v) is 4.64. The number of rotatable bonds is 0. The quantitative estimate of drug-likeness (QED) is 0.737. The maximum Gasteiger partial charge on any atom is 0.123 e. The monoisotopic (exact) mass is 248 g/mol. The molecule has 3 rings (SSSR count). The highest BCUT2D eigenvalue weighted by atomic mass is 19.1. The molecule has 1 fully saturated rings. The lowest BCUT2D eigenvalue weighted by atomic mass is 9.56. The fourth-order valence-electron chi connectivity index (χ4n) is 4.64. The van der Waals surface area contributed by atoms with Crippen LogP contribution in [0.5, 0.6) is 0 Å². The summed E-state index contributed by atoms with van der Waals surface area (Å²) in [7, 11) is 0. The summed E-state index contributed by atoms with van der Waals surface area (Å²) in [4.78, 5) is 0. The highest BCUT2D eigenvalue weighted by Crippen LogP contribution is 2.62. The molecule has 1 saturated carbocycles. The summed E-state index contributed by atoms with van der Waals surface area (Å²) in [5, 5.41) is 10.6. The van der Waals surface area contributed by atoms with Crippen LogP contribution < -0.4 is 0 Å². The second-order valence-corrected chi connectivity index (χ2v) is 6.91. The van der Waals surface area contributed by atoms with Crippen molar-refractivity contribution in [3.8, 4) is 0 Å². The van der Waals surface area contributed by atoms with Crippen LogP contribution >= 0.6 is 0 Å². The number of halogens is 1. The summed E-state index contributed by atoms with van der Waals surface area (Å²) >= 11 is 0. The molecule has 0 heterocycles. The zero-order chi connectivity index (χ0) is 13.1. The van der Waals surface area contributed by atoms with E-state index in [1.807, 2.05) is 6.07 Å². The minimum absolute atomic E-state index is 0.00417. The second-order valence-electron chi connectivity index (χ2n) is 6.91. The summed E-state index contributed by atoms with van der Waals surface area (Å²) in [6.45, 7) is 6.71. The average Bonchev–Trinajstić information content (AvgIpc) is 2.48. The van der Waals surface area contributed by atoms with Gasteiger partial charge in [0, 0.05) is 5.92 Å². The van der Waals surface area contributed by atoms with Crippen molar-refractivity contribution in [2.24, 2.45) is 11.3 Å². The van der Waals surface area contributed by atoms with Crippen LogP contribution in [0.2, 0.25) is 0 Å². The molecule has 0 amide bonds. The van der Waals surface area contributed by atoms with E-state index in [4.69, 9.17) is 0 Å². The van der Waals surface area contributed by atoms with Crippen LogP contribution in [0.4, 0.5) is 4.39 Å². The van der Waals surface area contributed by atoms with E-state index < -0.39 is 6.10 Å². The number of aliphatic hydroxyl groups excluding tert-OH is 1. The number of hydrogen-bond acceptors (Lipinski definition) is 1. The molecule has 0 spiro atoms. The molecule has 1 nitrogen and oxygen atoms in total. The molecular formula is C16H21FO. The summed E-state index contributed by atoms with van der Waals surface area (Å²) < 4.78 is 13.4. The molecule has 18 heavy (non-hydrogen) atoms. The predicted octanol–water partition coefficient (Wildman–Crippen LogP) is 3.96. The van der Waals surface area contributed by atoms with Gasteiger partial charge in [-0.05, 0) is 46.9 Å². The molecule has 3 atom stereocenters. The Labute approximate surface area is 108 Å². The van der Waals surface area contributed by atoms with E-state index in [-0.39, 0.29) is 22.6 Å². The van der Waals surface area contributed by atoms with Gasteiger partial charge in [-0.25, -0.2) is 4.39 Å². The molecule has 0 aromatic heterocycles. The van der Waals surface area contributed by atoms with Gasteiger partial charge >= 0.3 is 0 Å². The molecule has 0 bridgehead atoms. The minimum atomic E-state index is -0.518. The van der Waals surface area contributed by atoms with Gasteiger partial charge < -0.3 is 5.11 Å². The molecule has 1 aromatic carbocycles. The van der Waals surface area contributed by atoms with Gasteiger partial charge in [0.1, 0.15) is 5.82 Å². The molecule has 2 aliphatic carbocycles. The van der Waals surface area contributed by atoms with Gasteiger partial charge in [0.2, 0.25) is 0 Å². The second kappa shape index (κ2) is 3.57. The Morgan fingerprint density at radius 3 is 2.67 bits per heavy atom. The van der Waals surface area contributed by atoms with Gasteiger partial charge in [0.15, 0.2) is 0 Å². The van der Waals surface area contributed by atoms with Crippen LogP contribution in [0.25, 0.3) is 0 Å². The third-order valence-corrected chi connectivity index (χ3v) is 5.31. The Morgan fingerprint density at radius 2 is 1.94 bits per heavy atom. The van der Waals surface area contributed by atoms with Crippen molar-refractivity contribution in [3.63, 3.8) is 0 Å². The average molecular weight is 248 g/mol. The summed E-state index contributed by atoms with van der Waals surface area (Å²) in [5.74, 6) is -0.0385. The van der Waals surface area contributed by atoms with Crippen LogP contribution in [-0.4, -0.2) is 5.11 Å². The SMILES string of the molecule is CC1(C)CCC[C@@]2(C)c3ccc(F)cc3[C@H](O)[C@@H]12. The highest BCUT2D eigenvalue weighted by Gasteiger charge is 2.56. The molecule has 0 radical (unpaired) electrons. The van der Waals surface area contributed by atoms with Crippen molar-refractivity contribution >= 4 is 0 Å². The van der Waals surface area contributed by atoms with Crippen molar-refractivity contribution in [2.45, 2.75) is 51.6 Å². The lowest BCUT2D eigenvalue weighted by molar-refractivity contribution is -0.0272. The van der Waals surface area contributed by atoms with E-state index in [1.54, 1.807) is 0 Å². The number of benzene rings is 1. The maximum atomic E-state index is 13.4. The van der Waals surface area contributed by atoms with Gasteiger partial charge in [-0.1, -0.05) is 33.3 Å². The van der Waals surface area contributed by atoms with E-state index in [2.05, 4.69) is 20.8 Å². The van der Waals surface area contributed by atoms with E-state index >= 15 is 0 Å². The topological polar surface area (TPSA) is 20.2 Å². The van der Waals surface area contributed by atoms with Gasteiger partial charge in [-0.3, -0.25) is 0 Å². The molecule has 98 valence electrons. The fraction of sp³-hybridized carbons (Fsp3) is 0.625. The lowest BCUT2D eigenvalue weighted by Crippen LogP contribution is -2.43. The third-order valence-electron chi connectivity index (χ3n) is 5.31. The van der Waals surface area contributed by atoms with E-state index in [9.17, 15) is 9.50 Å². The van der Waals surface area contributed by atoms with Crippen LogP contribution in [-0.2, 0) is 5.41 Å². The molecule has 1 aromatic rings. The smallest absolute Gasteiger partial charge is 0.123 e. The third kappa shape index (κ3) is 1.41. The van der Waals surface area contributed by atoms with E-state index in [0.717, 1.165) is 24.0 Å². The highest BCUT2D eigenvalue weighted by molar-refractivity contribution is 5.44. The van der Waals surface area contributed by atoms with Crippen LogP contribution in [0.1, 0.15) is 57.3 Å². The van der Waals surface area contributed by atoms with Crippen LogP contribution in [0.3, 0.4) is 0 Å². The van der Waals surface area contributed by atoms with Crippen LogP contribution in [0, 0.1) is 17.2 Å². The standard InChI is InChI=1S/C16H21FO/c1-15(2)7-4-8-16(3)12-6-5-10(17)9-11(12)13(18)14(15)16/h5-6,9,13-14,18H,4,7-8H2,1-3H3/t13-,14-,16-/m0/s1. The molecular weight excluding hydrogens is 227 g/mol. The Kier molecular flexibility index (Phi) is 2.41. The first kappa shape index (κ1) is 12.2. The molecule has 2 aliphatic rings. The summed E-state index contributed by atoms with van der Waals surface area (Å²) in [6, 6.07) is 4.94. The Balaban J connectivity index is 2.19. The number of fused-ring (bicyclic) bond motifs is 3. The van der Waals surface area contributed by atoms with Gasteiger partial charge in [-0.2, -0.15) is 0 Å². The van der Waals surface area contributed by atoms with Gasteiger partial charge in [0.05, 0.1) is 6.10 Å². The summed E-state index contributed by atoms with van der Waals surface area (Å²) in [6.07, 6.45) is 2.90. The first-order chi connectivity index (χ1) is 8.36. The number of aliphatic hydroxyl groups is 1. The Hall–Kier alpha value is -0.890. The predicted molar refractivity (Wildman–Crippen MR) is 69.8 cm³/mol. The molecule has 0 aliphatic heterocycles. The first-order valence-electron chi connectivity index (χ1n) is 6.84. The van der Waals surface area contributed by atoms with Crippen molar-refractivity contribution in [2.75, 3.05) is 0 Å². The zero-order valence-electron chi connectivity index (χ0n) is 11.3. The van der Waals surface area contributed by atoms with Gasteiger partial charge in [-0.15, -0.1) is 0 Å². The van der Waals surface area contributed by atoms with Crippen molar-refractivity contribution in [3.05, 3.63) is 35.1 Å². The molecule has 0 unspecified atom stereocenters. The lowest BCUT2D eigenvalue weighted by Gasteiger charge is -2.48. The van der Waals surface area contributed by atoms with Crippen molar-refractivity contribution in [1.29, 1.82) is 0 Å². The summed E-state index contributed by atoms with van der Waals surface area (Å²) in [5.41, 5.74) is 2.10. The van der Waals surface area contributed by atoms with E-state index in [1.165, 1.54) is 18.6 Å². The Morgan fingerprint density at radius 1 is 1.22 bits per heavy atom. The molecule has 0 saturated heterocycles. The van der Waals surface area contributed by atoms with E-state index in [0.29, 0.717) is 0 Å². The zero-order valence-corrected chi connectivity index (χ0v) is 11.3. The van der Waals surface area contributed by atoms with Crippen molar-refractivity contribution < 1.29 is 9.50 Å². The normalized spacial score (nSPS) is 37.2. The van der Waals surface area contributed by atoms with Crippen molar-refractivity contribution in [1.82, 2.24) is 0 Å². The Bertz CT molecular complexity index is 494. The maximum absolute atomic E-state index is 13.4. The first-order valence-corrected chi connectivity index (χ1v) is 6.84. The number of hydrogen-bond donors (Lipinski definition) is 1. The van der Waals surface area contributed by atoms with Crippen LogP contribution in [0.15, 0.2) is 18.2 Å². The molecule has 1 N–H and O–H groups in total.